The molecule has 0 fully saturated rings. The van der Waals surface area contributed by atoms with Crippen molar-refractivity contribution in [1.82, 2.24) is 10.2 Å². The molecule has 0 aliphatic heterocycles. The van der Waals surface area contributed by atoms with Crippen LogP contribution in [-0.4, -0.2) is 50.5 Å². The second-order valence-electron chi connectivity index (χ2n) is 7.21. The van der Waals surface area contributed by atoms with E-state index in [1.807, 2.05) is 0 Å². The van der Waals surface area contributed by atoms with Gasteiger partial charge < -0.3 is 10.2 Å². The van der Waals surface area contributed by atoms with Gasteiger partial charge in [0.15, 0.2) is 11.6 Å². The van der Waals surface area contributed by atoms with Crippen molar-refractivity contribution in [3.63, 3.8) is 0 Å². The van der Waals surface area contributed by atoms with E-state index >= 15 is 0 Å². The fourth-order valence-electron chi connectivity index (χ4n) is 2.99. The van der Waals surface area contributed by atoms with Crippen molar-refractivity contribution < 1.29 is 26.8 Å². The van der Waals surface area contributed by atoms with Crippen molar-refractivity contribution in [2.45, 2.75) is 26.4 Å². The van der Waals surface area contributed by atoms with E-state index in [1.165, 1.54) is 24.0 Å². The minimum Gasteiger partial charge on any atom is -0.355 e. The number of likely N-dealkylation sites (N-methyl/N-ethyl adjacent to an activating group) is 1. The van der Waals surface area contributed by atoms with Gasteiger partial charge in [0.2, 0.25) is 21.8 Å². The number of nitrogens with one attached hydrogen (secondary N) is 1. The number of anilines is 1. The Morgan fingerprint density at radius 1 is 1.06 bits per heavy atom. The molecule has 33 heavy (non-hydrogen) atoms. The molecule has 1 atom stereocenters. The maximum absolute atomic E-state index is 13.7. The average Bonchev–Trinajstić information content (AvgIpc) is 2.73. The van der Waals surface area contributed by atoms with Gasteiger partial charge in [-0.25, -0.2) is 17.2 Å². The van der Waals surface area contributed by atoms with Gasteiger partial charge in [0, 0.05) is 19.2 Å². The number of hydrogen-bond donors (Lipinski definition) is 1. The Hall–Kier alpha value is -2.43. The van der Waals surface area contributed by atoms with Crippen LogP contribution in [0.3, 0.4) is 0 Å². The molecule has 0 heterocycles. The number of benzene rings is 2. The molecule has 2 amide bonds. The molecule has 0 aliphatic carbocycles. The second-order valence-corrected chi connectivity index (χ2v) is 9.93. The lowest BCUT2D eigenvalue weighted by molar-refractivity contribution is -0.139. The van der Waals surface area contributed by atoms with Crippen LogP contribution in [0.2, 0.25) is 10.0 Å². The van der Waals surface area contributed by atoms with E-state index in [0.29, 0.717) is 27.5 Å². The highest BCUT2D eigenvalue weighted by atomic mass is 35.5. The maximum Gasteiger partial charge on any atom is 0.244 e. The molecule has 2 aromatic rings. The third-order valence-electron chi connectivity index (χ3n) is 4.73. The largest absolute Gasteiger partial charge is 0.355 e. The Bertz CT molecular complexity index is 1150. The van der Waals surface area contributed by atoms with Crippen LogP contribution in [0.15, 0.2) is 36.4 Å². The third-order valence-corrected chi connectivity index (χ3v) is 6.61. The van der Waals surface area contributed by atoms with E-state index in [-0.39, 0.29) is 17.3 Å². The first-order valence-corrected chi connectivity index (χ1v) is 12.4. The lowest BCUT2D eigenvalue weighted by Crippen LogP contribution is -2.51. The van der Waals surface area contributed by atoms with Gasteiger partial charge in [0.25, 0.3) is 0 Å². The van der Waals surface area contributed by atoms with Gasteiger partial charge in [-0.3, -0.25) is 13.9 Å². The fourth-order valence-corrected chi connectivity index (χ4v) is 4.16. The molecule has 2 aromatic carbocycles. The monoisotopic (exact) mass is 521 g/mol. The zero-order chi connectivity index (χ0) is 24.9. The lowest BCUT2D eigenvalue weighted by atomic mass is 10.1. The molecule has 0 spiro atoms. The van der Waals surface area contributed by atoms with Gasteiger partial charge in [0.1, 0.15) is 12.6 Å². The number of nitrogens with zero attached hydrogens (tertiary/aromatic N) is 2. The zero-order valence-electron chi connectivity index (χ0n) is 18.1. The molecule has 0 bridgehead atoms. The Balaban J connectivity index is 2.42. The summed E-state index contributed by atoms with van der Waals surface area (Å²) in [5.41, 5.74) is 0.317. The summed E-state index contributed by atoms with van der Waals surface area (Å²) in [7, 11) is -4.06. The van der Waals surface area contributed by atoms with E-state index in [2.05, 4.69) is 5.32 Å². The molecular formula is C21H23Cl2F2N3O4S. The van der Waals surface area contributed by atoms with E-state index in [0.717, 1.165) is 18.4 Å². The Kier molecular flexibility index (Phi) is 9.04. The van der Waals surface area contributed by atoms with Crippen LogP contribution in [0.25, 0.3) is 0 Å². The van der Waals surface area contributed by atoms with Crippen LogP contribution >= 0.6 is 23.2 Å². The standard InChI is InChI=1S/C21H23Cl2F2N3O4S/c1-4-26-21(30)13(2)27(11-14-5-7-16(22)17(23)9-14)20(29)12-28(33(3,31)32)15-6-8-18(24)19(25)10-15/h5-10,13H,4,11-12H2,1-3H3,(H,26,30). The maximum atomic E-state index is 13.7. The molecule has 0 saturated heterocycles. The van der Waals surface area contributed by atoms with E-state index in [1.54, 1.807) is 13.0 Å². The minimum atomic E-state index is -4.06. The number of carbonyl (C=O) groups is 2. The number of rotatable bonds is 9. The van der Waals surface area contributed by atoms with Crippen LogP contribution < -0.4 is 9.62 Å². The molecule has 180 valence electrons. The second kappa shape index (κ2) is 11.1. The van der Waals surface area contributed by atoms with Crippen molar-refractivity contribution >= 4 is 50.7 Å². The summed E-state index contributed by atoms with van der Waals surface area (Å²) in [4.78, 5) is 26.9. The van der Waals surface area contributed by atoms with Gasteiger partial charge in [-0.05, 0) is 43.7 Å². The first-order valence-electron chi connectivity index (χ1n) is 9.79. The zero-order valence-corrected chi connectivity index (χ0v) is 20.4. The summed E-state index contributed by atoms with van der Waals surface area (Å²) in [6, 6.07) is 6.18. The number of halogens is 4. The van der Waals surface area contributed by atoms with Gasteiger partial charge in [-0.1, -0.05) is 29.3 Å². The predicted molar refractivity (Wildman–Crippen MR) is 124 cm³/mol. The molecule has 12 heteroatoms. The van der Waals surface area contributed by atoms with E-state index in [9.17, 15) is 26.8 Å². The molecule has 0 aromatic heterocycles. The highest BCUT2D eigenvalue weighted by Crippen LogP contribution is 2.25. The Morgan fingerprint density at radius 2 is 1.73 bits per heavy atom. The molecule has 2 rings (SSSR count). The smallest absolute Gasteiger partial charge is 0.244 e. The predicted octanol–water partition coefficient (Wildman–Crippen LogP) is 3.59. The number of hydrogen-bond acceptors (Lipinski definition) is 4. The lowest BCUT2D eigenvalue weighted by Gasteiger charge is -2.31. The van der Waals surface area contributed by atoms with Gasteiger partial charge in [-0.15, -0.1) is 0 Å². The summed E-state index contributed by atoms with van der Waals surface area (Å²) in [6.45, 7) is 2.70. The van der Waals surface area contributed by atoms with Crippen LogP contribution in [0.4, 0.5) is 14.5 Å². The van der Waals surface area contributed by atoms with Crippen molar-refractivity contribution in [3.05, 3.63) is 63.6 Å². The fraction of sp³-hybridized carbons (Fsp3) is 0.333. The van der Waals surface area contributed by atoms with Crippen molar-refractivity contribution in [2.24, 2.45) is 0 Å². The van der Waals surface area contributed by atoms with E-state index in [4.69, 9.17) is 23.2 Å². The molecule has 0 radical (unpaired) electrons. The Morgan fingerprint density at radius 3 is 2.27 bits per heavy atom. The minimum absolute atomic E-state index is 0.0800. The molecule has 0 saturated carbocycles. The number of carbonyl (C=O) groups excluding carboxylic acids is 2. The Labute approximate surface area is 201 Å². The summed E-state index contributed by atoms with van der Waals surface area (Å²) < 4.78 is 52.4. The summed E-state index contributed by atoms with van der Waals surface area (Å²) >= 11 is 12.0. The first kappa shape index (κ1) is 26.8. The number of amides is 2. The SMILES string of the molecule is CCNC(=O)C(C)N(Cc1ccc(Cl)c(Cl)c1)C(=O)CN(c1ccc(F)c(F)c1)S(C)(=O)=O. The highest BCUT2D eigenvalue weighted by molar-refractivity contribution is 7.92. The van der Waals surface area contributed by atoms with Crippen molar-refractivity contribution in [3.8, 4) is 0 Å². The quantitative estimate of drug-likeness (QED) is 0.546. The highest BCUT2D eigenvalue weighted by Gasteiger charge is 2.30. The van der Waals surface area contributed by atoms with Crippen LogP contribution in [0.1, 0.15) is 19.4 Å². The molecule has 7 nitrogen and oxygen atoms in total. The van der Waals surface area contributed by atoms with Crippen LogP contribution in [0, 0.1) is 11.6 Å². The van der Waals surface area contributed by atoms with Crippen molar-refractivity contribution in [2.75, 3.05) is 23.7 Å². The van der Waals surface area contributed by atoms with Gasteiger partial charge >= 0.3 is 0 Å². The van der Waals surface area contributed by atoms with Crippen molar-refractivity contribution in [1.29, 1.82) is 0 Å². The van der Waals surface area contributed by atoms with Gasteiger partial charge in [0.05, 0.1) is 22.0 Å². The molecule has 1 N–H and O–H groups in total. The van der Waals surface area contributed by atoms with E-state index < -0.39 is 46.1 Å². The normalized spacial score (nSPS) is 12.2. The first-order chi connectivity index (χ1) is 15.3. The summed E-state index contributed by atoms with van der Waals surface area (Å²) in [6.07, 6.45) is 0.831. The molecule has 1 unspecified atom stereocenters. The molecular weight excluding hydrogens is 499 g/mol. The average molecular weight is 522 g/mol. The van der Waals surface area contributed by atoms with Crippen LogP contribution in [0.5, 0.6) is 0 Å². The summed E-state index contributed by atoms with van der Waals surface area (Å²) in [5, 5.41) is 3.16. The van der Waals surface area contributed by atoms with Crippen LogP contribution in [-0.2, 0) is 26.2 Å². The van der Waals surface area contributed by atoms with Gasteiger partial charge in [-0.2, -0.15) is 0 Å². The number of sulfonamides is 1. The topological polar surface area (TPSA) is 86.8 Å². The summed E-state index contributed by atoms with van der Waals surface area (Å²) in [5.74, 6) is -3.62. The molecule has 0 aliphatic rings. The third kappa shape index (κ3) is 7.02.